The molecule has 0 atom stereocenters. The molecule has 1 heterocycles. The molecule has 0 aromatic heterocycles. The zero-order valence-electron chi connectivity index (χ0n) is 16.3. The van der Waals surface area contributed by atoms with Crippen molar-refractivity contribution in [1.82, 2.24) is 0 Å². The summed E-state index contributed by atoms with van der Waals surface area (Å²) >= 11 is 6.01. The number of hydrogen-bond donors (Lipinski definition) is 1. The number of aryl methyl sites for hydroxylation is 1. The van der Waals surface area contributed by atoms with Crippen molar-refractivity contribution >= 4 is 39.9 Å². The average Bonchev–Trinajstić information content (AvgIpc) is 2.77. The second-order valence-electron chi connectivity index (χ2n) is 7.84. The molecule has 0 saturated carbocycles. The Balaban J connectivity index is 1.84. The third kappa shape index (κ3) is 3.92. The van der Waals surface area contributed by atoms with Gasteiger partial charge in [-0.15, -0.1) is 0 Å². The van der Waals surface area contributed by atoms with Gasteiger partial charge >= 0.3 is 7.12 Å². The van der Waals surface area contributed by atoms with Crippen molar-refractivity contribution in [2.75, 3.05) is 4.72 Å². The van der Waals surface area contributed by atoms with E-state index in [-0.39, 0.29) is 16.0 Å². The van der Waals surface area contributed by atoms with E-state index in [9.17, 15) is 12.8 Å². The van der Waals surface area contributed by atoms with E-state index in [1.807, 2.05) is 27.7 Å². The lowest BCUT2D eigenvalue weighted by Crippen LogP contribution is -2.41. The second kappa shape index (κ2) is 7.02. The van der Waals surface area contributed by atoms with Crippen LogP contribution in [0.25, 0.3) is 0 Å². The van der Waals surface area contributed by atoms with Crippen molar-refractivity contribution in [3.63, 3.8) is 0 Å². The molecular formula is C19H22BClFNO4S. The van der Waals surface area contributed by atoms with Crippen LogP contribution in [0.3, 0.4) is 0 Å². The number of halogens is 2. The van der Waals surface area contributed by atoms with E-state index in [1.165, 1.54) is 24.3 Å². The molecule has 5 nitrogen and oxygen atoms in total. The van der Waals surface area contributed by atoms with Crippen LogP contribution in [0.5, 0.6) is 0 Å². The Morgan fingerprint density at radius 2 is 1.64 bits per heavy atom. The summed E-state index contributed by atoms with van der Waals surface area (Å²) in [6.07, 6.45) is 0. The molecular weight excluding hydrogens is 404 g/mol. The molecule has 1 aliphatic rings. The highest BCUT2D eigenvalue weighted by molar-refractivity contribution is 7.92. The summed E-state index contributed by atoms with van der Waals surface area (Å²) in [5.41, 5.74) is -0.141. The summed E-state index contributed by atoms with van der Waals surface area (Å²) in [5.74, 6) is -0.624. The number of hydrogen-bond acceptors (Lipinski definition) is 4. The Morgan fingerprint density at radius 3 is 2.18 bits per heavy atom. The molecule has 2 aromatic rings. The molecule has 150 valence electrons. The minimum absolute atomic E-state index is 0.00135. The minimum atomic E-state index is -3.90. The van der Waals surface area contributed by atoms with E-state index in [1.54, 1.807) is 13.0 Å². The normalized spacial score (nSPS) is 18.3. The van der Waals surface area contributed by atoms with Crippen LogP contribution in [0.1, 0.15) is 33.3 Å². The molecule has 1 N–H and O–H groups in total. The van der Waals surface area contributed by atoms with Crippen molar-refractivity contribution < 1.29 is 22.1 Å². The fourth-order valence-corrected chi connectivity index (χ4v) is 4.03. The van der Waals surface area contributed by atoms with Crippen LogP contribution in [0.2, 0.25) is 5.02 Å². The molecule has 1 aliphatic heterocycles. The topological polar surface area (TPSA) is 64.6 Å². The van der Waals surface area contributed by atoms with Crippen LogP contribution in [0.15, 0.2) is 41.3 Å². The van der Waals surface area contributed by atoms with Gasteiger partial charge < -0.3 is 9.31 Å². The molecule has 0 spiro atoms. The van der Waals surface area contributed by atoms with E-state index in [0.717, 1.165) is 11.6 Å². The lowest BCUT2D eigenvalue weighted by atomic mass is 9.78. The third-order valence-corrected chi connectivity index (χ3v) is 7.00. The van der Waals surface area contributed by atoms with Gasteiger partial charge in [0.15, 0.2) is 0 Å². The molecule has 2 aromatic carbocycles. The summed E-state index contributed by atoms with van der Waals surface area (Å²) in [5, 5.41) is 0.338. The van der Waals surface area contributed by atoms with Crippen molar-refractivity contribution in [2.45, 2.75) is 50.7 Å². The highest BCUT2D eigenvalue weighted by atomic mass is 35.5. The first-order valence-corrected chi connectivity index (χ1v) is 10.6. The van der Waals surface area contributed by atoms with Gasteiger partial charge in [0.2, 0.25) is 0 Å². The van der Waals surface area contributed by atoms with Crippen molar-refractivity contribution in [3.8, 4) is 0 Å². The summed E-state index contributed by atoms with van der Waals surface area (Å²) < 4.78 is 53.8. The molecule has 9 heteroatoms. The quantitative estimate of drug-likeness (QED) is 0.755. The van der Waals surface area contributed by atoms with Crippen LogP contribution >= 0.6 is 11.6 Å². The van der Waals surface area contributed by atoms with E-state index in [4.69, 9.17) is 20.9 Å². The Hall–Kier alpha value is -1.61. The lowest BCUT2D eigenvalue weighted by molar-refractivity contribution is 0.00578. The van der Waals surface area contributed by atoms with Crippen LogP contribution in [0.4, 0.5) is 10.1 Å². The van der Waals surface area contributed by atoms with Gasteiger partial charge in [0.25, 0.3) is 10.0 Å². The Kier molecular flexibility index (Phi) is 5.29. The standard InChI is InChI=1S/C19H22BClFNO4S/c1-12-6-8-14(11-16(12)21)28(24,25)23-13-7-9-15(17(22)10-13)20-26-18(2,3)19(4,5)27-20/h6-11,23H,1-5H3. The van der Waals surface area contributed by atoms with Crippen LogP contribution < -0.4 is 10.2 Å². The van der Waals surface area contributed by atoms with Crippen molar-refractivity contribution in [1.29, 1.82) is 0 Å². The van der Waals surface area contributed by atoms with Gasteiger partial charge in [-0.05, 0) is 64.4 Å². The third-order valence-electron chi connectivity index (χ3n) is 5.21. The number of sulfonamides is 1. The lowest BCUT2D eigenvalue weighted by Gasteiger charge is -2.32. The van der Waals surface area contributed by atoms with Gasteiger partial charge in [0.1, 0.15) is 5.82 Å². The van der Waals surface area contributed by atoms with E-state index in [0.29, 0.717) is 5.02 Å². The Morgan fingerprint density at radius 1 is 1.04 bits per heavy atom. The summed E-state index contributed by atoms with van der Waals surface area (Å²) in [4.78, 5) is -0.00135. The first-order chi connectivity index (χ1) is 12.8. The number of anilines is 1. The number of nitrogens with one attached hydrogen (secondary N) is 1. The Bertz CT molecular complexity index is 1010. The van der Waals surface area contributed by atoms with Crippen LogP contribution in [-0.2, 0) is 19.3 Å². The molecule has 3 rings (SSSR count). The predicted octanol–water partition coefficient (Wildman–Crippen LogP) is 3.89. The van der Waals surface area contributed by atoms with Crippen LogP contribution in [-0.4, -0.2) is 26.7 Å². The molecule has 0 radical (unpaired) electrons. The first kappa shape index (κ1) is 21.1. The fraction of sp³-hybridized carbons (Fsp3) is 0.368. The molecule has 28 heavy (non-hydrogen) atoms. The highest BCUT2D eigenvalue weighted by Crippen LogP contribution is 2.36. The molecule has 0 amide bonds. The average molecular weight is 426 g/mol. The number of rotatable bonds is 4. The maximum atomic E-state index is 14.7. The highest BCUT2D eigenvalue weighted by Gasteiger charge is 2.52. The predicted molar refractivity (Wildman–Crippen MR) is 109 cm³/mol. The zero-order valence-corrected chi connectivity index (χ0v) is 17.9. The van der Waals surface area contributed by atoms with E-state index < -0.39 is 34.2 Å². The Labute approximate surface area is 170 Å². The fourth-order valence-electron chi connectivity index (χ4n) is 2.71. The van der Waals surface area contributed by atoms with E-state index >= 15 is 0 Å². The first-order valence-electron chi connectivity index (χ1n) is 8.76. The van der Waals surface area contributed by atoms with Gasteiger partial charge in [-0.1, -0.05) is 23.7 Å². The largest absolute Gasteiger partial charge is 0.497 e. The SMILES string of the molecule is Cc1ccc(S(=O)(=O)Nc2ccc(B3OC(C)(C)C(C)(C)O3)c(F)c2)cc1Cl. The molecule has 1 fully saturated rings. The molecule has 1 saturated heterocycles. The summed E-state index contributed by atoms with van der Waals surface area (Å²) in [7, 11) is -4.77. The maximum Gasteiger partial charge on any atom is 0.497 e. The number of benzene rings is 2. The van der Waals surface area contributed by atoms with Gasteiger partial charge in [0.05, 0.1) is 21.8 Å². The monoisotopic (exact) mass is 425 g/mol. The van der Waals surface area contributed by atoms with Crippen molar-refractivity contribution in [2.24, 2.45) is 0 Å². The summed E-state index contributed by atoms with van der Waals surface area (Å²) in [6.45, 7) is 9.27. The smallest absolute Gasteiger partial charge is 0.399 e. The van der Waals surface area contributed by atoms with E-state index in [2.05, 4.69) is 4.72 Å². The molecule has 0 aliphatic carbocycles. The van der Waals surface area contributed by atoms with Gasteiger partial charge in [0, 0.05) is 10.5 Å². The maximum absolute atomic E-state index is 14.7. The zero-order chi connectivity index (χ0) is 20.9. The molecule has 0 unspecified atom stereocenters. The van der Waals surface area contributed by atoms with Gasteiger partial charge in [-0.2, -0.15) is 0 Å². The van der Waals surface area contributed by atoms with Crippen molar-refractivity contribution in [3.05, 3.63) is 52.8 Å². The van der Waals surface area contributed by atoms with Crippen LogP contribution in [0, 0.1) is 12.7 Å². The minimum Gasteiger partial charge on any atom is -0.399 e. The molecule has 0 bridgehead atoms. The summed E-state index contributed by atoms with van der Waals surface area (Å²) in [6, 6.07) is 8.44. The van der Waals surface area contributed by atoms with Gasteiger partial charge in [-0.3, -0.25) is 4.72 Å². The second-order valence-corrected chi connectivity index (χ2v) is 9.93. The van der Waals surface area contributed by atoms with Gasteiger partial charge in [-0.25, -0.2) is 12.8 Å².